The average Bonchev–Trinajstić information content (AvgIpc) is 4.11. The molecule has 6 heterocycles. The molecular formula is C59H58ClF4N11O2. The maximum Gasteiger partial charge on any atom is 0.273 e. The molecule has 2 fully saturated rings. The van der Waals surface area contributed by atoms with Crippen molar-refractivity contribution in [2.45, 2.75) is 57.9 Å². The number of nitrogen functional groups attached to an aromatic ring is 2. The van der Waals surface area contributed by atoms with Crippen molar-refractivity contribution in [1.82, 2.24) is 44.4 Å². The predicted molar refractivity (Wildman–Crippen MR) is 292 cm³/mol. The van der Waals surface area contributed by atoms with Crippen LogP contribution in [0.1, 0.15) is 73.6 Å². The lowest BCUT2D eigenvalue weighted by Gasteiger charge is -2.32. The number of aromatic nitrogens is 4. The fourth-order valence-corrected chi connectivity index (χ4v) is 10.7. The second-order valence-corrected chi connectivity index (χ2v) is 20.4. The number of nitrogens with two attached hydrogens (primary N) is 2. The zero-order chi connectivity index (χ0) is 53.9. The van der Waals surface area contributed by atoms with Gasteiger partial charge in [0, 0.05) is 75.6 Å². The van der Waals surface area contributed by atoms with Crippen LogP contribution in [0.3, 0.4) is 0 Å². The second kappa shape index (κ2) is 23.0. The van der Waals surface area contributed by atoms with Crippen LogP contribution in [0.2, 0.25) is 0 Å². The number of fused-ring (bicyclic) bond motifs is 4. The standard InChI is InChI=1S/C29H28F2N6O.C24H17ClF2N4O.C6H13N/c1-35-8-10-36(11-9-35)15-21-13-24(30)25(31)14-22(21)18-6-7-26-23(12-18)27(34-29(32)33-26)28(38)37-16-19-4-2-3-5-20(19)17-37;25-10-16-8-19(26)20(27)9-17(16)13-5-6-21-18(7-13)22(30-24(28)29-21)23(32)31-11-14-3-1-2-4-15(14)12-31;1-7-5-3-2-4-6-7/h2-7,12-14H,8-11,15-17H2,1H3,(H2,32,33,34);1-9H,10-12H2,(H2,28,29,30);2-6H2,1H3. The fourth-order valence-electron chi connectivity index (χ4n) is 10.5. The number of rotatable bonds is 7. The molecule has 2 amide bonds. The van der Waals surface area contributed by atoms with Crippen LogP contribution >= 0.6 is 11.6 Å². The second-order valence-electron chi connectivity index (χ2n) is 20.1. The first kappa shape index (κ1) is 52.9. The van der Waals surface area contributed by atoms with E-state index in [0.717, 1.165) is 60.6 Å². The van der Waals surface area contributed by atoms with Crippen molar-refractivity contribution in [1.29, 1.82) is 0 Å². The summed E-state index contributed by atoms with van der Waals surface area (Å²) in [7, 11) is 4.27. The van der Waals surface area contributed by atoms with Gasteiger partial charge in [-0.05, 0) is 144 Å². The molecule has 8 aromatic rings. The molecule has 77 heavy (non-hydrogen) atoms. The number of hydrogen-bond acceptors (Lipinski definition) is 11. The Labute approximate surface area is 449 Å². The van der Waals surface area contributed by atoms with E-state index in [1.54, 1.807) is 46.2 Å². The highest BCUT2D eigenvalue weighted by atomic mass is 35.5. The Bertz CT molecular complexity index is 3480. The Morgan fingerprint density at radius 2 is 0.909 bits per heavy atom. The monoisotopic (exact) mass is 1060 g/mol. The molecule has 13 nitrogen and oxygen atoms in total. The maximum atomic E-state index is 14.5. The first-order valence-corrected chi connectivity index (χ1v) is 26.2. The number of likely N-dealkylation sites (tertiary alicyclic amines) is 1. The third-order valence-electron chi connectivity index (χ3n) is 14.7. The van der Waals surface area contributed by atoms with E-state index in [0.29, 0.717) is 87.9 Å². The van der Waals surface area contributed by atoms with Crippen molar-refractivity contribution in [3.8, 4) is 22.3 Å². The number of likely N-dealkylation sites (N-methyl/N-ethyl adjacent to an activating group) is 1. The summed E-state index contributed by atoms with van der Waals surface area (Å²) in [6, 6.07) is 30.9. The molecule has 396 valence electrons. The minimum Gasteiger partial charge on any atom is -0.368 e. The van der Waals surface area contributed by atoms with Gasteiger partial charge >= 0.3 is 0 Å². The maximum absolute atomic E-state index is 14.5. The highest BCUT2D eigenvalue weighted by Crippen LogP contribution is 2.35. The quantitative estimate of drug-likeness (QED) is 0.116. The van der Waals surface area contributed by atoms with Gasteiger partial charge in [0.2, 0.25) is 11.9 Å². The first-order valence-electron chi connectivity index (χ1n) is 25.7. The number of nitrogens with zero attached hydrogens (tertiary/aromatic N) is 9. The summed E-state index contributed by atoms with van der Waals surface area (Å²) in [6.07, 6.45) is 4.28. The Balaban J connectivity index is 0.000000157. The van der Waals surface area contributed by atoms with Crippen LogP contribution in [0.5, 0.6) is 0 Å². The van der Waals surface area contributed by atoms with E-state index in [9.17, 15) is 27.2 Å². The van der Waals surface area contributed by atoms with Crippen molar-refractivity contribution in [2.75, 3.05) is 64.8 Å². The molecule has 2 aromatic heterocycles. The zero-order valence-electron chi connectivity index (χ0n) is 42.9. The van der Waals surface area contributed by atoms with E-state index in [1.807, 2.05) is 48.5 Å². The summed E-state index contributed by atoms with van der Waals surface area (Å²) in [4.78, 5) is 54.5. The van der Waals surface area contributed by atoms with Gasteiger partial charge in [-0.25, -0.2) is 37.5 Å². The normalized spacial score (nSPS) is 15.7. The SMILES string of the molecule is CN1CCCCC1.CN1CCN(Cc2cc(F)c(F)cc2-c2ccc3nc(N)nc(C(=O)N4Cc5ccccc5C4)c3c2)CC1.Nc1nc(C(=O)N2Cc3ccccc3C2)c2cc(-c3cc(F)c(F)cc3CCl)ccc2n1. The first-order chi connectivity index (χ1) is 37.2. The molecule has 0 bridgehead atoms. The number of piperazine rings is 1. The minimum absolute atomic E-state index is 0.000627. The molecule has 2 saturated heterocycles. The number of piperidine rings is 1. The summed E-state index contributed by atoms with van der Waals surface area (Å²) >= 11 is 5.97. The number of halogens is 5. The summed E-state index contributed by atoms with van der Waals surface area (Å²) in [6.45, 7) is 8.57. The molecule has 18 heteroatoms. The summed E-state index contributed by atoms with van der Waals surface area (Å²) < 4.78 is 56.5. The van der Waals surface area contributed by atoms with Crippen molar-refractivity contribution >= 4 is 57.1 Å². The van der Waals surface area contributed by atoms with Crippen molar-refractivity contribution < 1.29 is 27.2 Å². The van der Waals surface area contributed by atoms with Gasteiger partial charge < -0.3 is 31.1 Å². The van der Waals surface area contributed by atoms with E-state index < -0.39 is 23.3 Å². The highest BCUT2D eigenvalue weighted by molar-refractivity contribution is 6.17. The Kier molecular flexibility index (Phi) is 15.8. The van der Waals surface area contributed by atoms with Crippen molar-refractivity contribution in [2.24, 2.45) is 0 Å². The van der Waals surface area contributed by atoms with Gasteiger partial charge in [0.25, 0.3) is 11.8 Å². The van der Waals surface area contributed by atoms with E-state index >= 15 is 0 Å². The van der Waals surface area contributed by atoms with Crippen LogP contribution < -0.4 is 11.5 Å². The summed E-state index contributed by atoms with van der Waals surface area (Å²) in [5.41, 5.74) is 20.9. The largest absolute Gasteiger partial charge is 0.368 e. The number of carbonyl (C=O) groups excluding carboxylic acids is 2. The number of amides is 2. The van der Waals surface area contributed by atoms with Crippen LogP contribution in [0, 0.1) is 23.3 Å². The number of carbonyl (C=O) groups is 2. The Morgan fingerprint density at radius 3 is 1.32 bits per heavy atom. The molecule has 0 saturated carbocycles. The van der Waals surface area contributed by atoms with Crippen LogP contribution in [0.25, 0.3) is 44.1 Å². The average molecular weight is 1060 g/mol. The van der Waals surface area contributed by atoms with Crippen molar-refractivity contribution in [3.63, 3.8) is 0 Å². The molecule has 0 atom stereocenters. The number of hydrogen-bond donors (Lipinski definition) is 2. The van der Waals surface area contributed by atoms with Crippen LogP contribution in [-0.2, 0) is 38.6 Å². The van der Waals surface area contributed by atoms with Gasteiger partial charge in [-0.3, -0.25) is 14.5 Å². The number of anilines is 2. The van der Waals surface area contributed by atoms with Gasteiger partial charge in [0.05, 0.1) is 11.0 Å². The number of alkyl halides is 1. The molecular weight excluding hydrogens is 1010 g/mol. The van der Waals surface area contributed by atoms with Crippen LogP contribution in [0.4, 0.5) is 29.5 Å². The van der Waals surface area contributed by atoms with Gasteiger partial charge in [0.1, 0.15) is 11.4 Å². The lowest BCUT2D eigenvalue weighted by Crippen LogP contribution is -2.43. The van der Waals surface area contributed by atoms with Crippen LogP contribution in [-0.4, -0.2) is 110 Å². The minimum atomic E-state index is -0.978. The van der Waals surface area contributed by atoms with Gasteiger partial charge in [-0.15, -0.1) is 11.6 Å². The molecule has 0 aliphatic carbocycles. The van der Waals surface area contributed by atoms with Crippen molar-refractivity contribution in [3.05, 3.63) is 177 Å². The van der Waals surface area contributed by atoms with Gasteiger partial charge in [-0.1, -0.05) is 67.1 Å². The van der Waals surface area contributed by atoms with E-state index in [1.165, 1.54) is 44.5 Å². The molecule has 4 aliphatic heterocycles. The summed E-state index contributed by atoms with van der Waals surface area (Å²) in [5, 5.41) is 0.996. The van der Waals surface area contributed by atoms with Crippen LogP contribution in [0.15, 0.2) is 109 Å². The smallest absolute Gasteiger partial charge is 0.273 e. The fraction of sp³-hybridized carbons (Fsp3) is 0.288. The van der Waals surface area contributed by atoms with E-state index in [-0.39, 0.29) is 41.0 Å². The molecule has 0 radical (unpaired) electrons. The predicted octanol–water partition coefficient (Wildman–Crippen LogP) is 10.2. The topological polar surface area (TPSA) is 154 Å². The molecule has 4 aliphatic rings. The Morgan fingerprint density at radius 1 is 0.506 bits per heavy atom. The Hall–Kier alpha value is -7.57. The lowest BCUT2D eigenvalue weighted by molar-refractivity contribution is 0.0741. The zero-order valence-corrected chi connectivity index (χ0v) is 43.6. The molecule has 4 N–H and O–H groups in total. The van der Waals surface area contributed by atoms with Gasteiger partial charge in [-0.2, -0.15) is 0 Å². The third kappa shape index (κ3) is 11.7. The molecule has 6 aromatic carbocycles. The van der Waals surface area contributed by atoms with Gasteiger partial charge in [0.15, 0.2) is 23.3 Å². The number of benzene rings is 6. The van der Waals surface area contributed by atoms with E-state index in [4.69, 9.17) is 23.1 Å². The van der Waals surface area contributed by atoms with E-state index in [2.05, 4.69) is 48.7 Å². The lowest BCUT2D eigenvalue weighted by atomic mass is 9.96. The molecule has 12 rings (SSSR count). The molecule has 0 unspecified atom stereocenters. The molecule has 0 spiro atoms. The highest BCUT2D eigenvalue weighted by Gasteiger charge is 2.29. The third-order valence-corrected chi connectivity index (χ3v) is 15.0. The summed E-state index contributed by atoms with van der Waals surface area (Å²) in [5.74, 6) is -4.27.